The molecule has 0 fully saturated rings. The molecule has 2 rings (SSSR count). The van der Waals surface area contributed by atoms with E-state index in [-0.39, 0.29) is 18.4 Å². The van der Waals surface area contributed by atoms with Crippen LogP contribution in [-0.2, 0) is 16.1 Å². The highest BCUT2D eigenvalue weighted by Crippen LogP contribution is 2.13. The fourth-order valence-electron chi connectivity index (χ4n) is 2.51. The summed E-state index contributed by atoms with van der Waals surface area (Å²) in [6.07, 6.45) is 1.91. The first-order valence-corrected chi connectivity index (χ1v) is 7.87. The van der Waals surface area contributed by atoms with E-state index < -0.39 is 0 Å². The molecular weight excluding hydrogens is 294 g/mol. The van der Waals surface area contributed by atoms with Crippen molar-refractivity contribution in [1.82, 2.24) is 10.3 Å². The van der Waals surface area contributed by atoms with Gasteiger partial charge in [-0.3, -0.25) is 9.59 Å². The fraction of sp³-hybridized carbons (Fsp3) is 0.471. The Hall–Kier alpha value is -2.21. The second kappa shape index (κ2) is 8.43. The first-order chi connectivity index (χ1) is 11.1. The summed E-state index contributed by atoms with van der Waals surface area (Å²) in [7, 11) is 0. The highest BCUT2D eigenvalue weighted by Gasteiger charge is 2.17. The maximum absolute atomic E-state index is 12.4. The Balaban J connectivity index is 1.93. The van der Waals surface area contributed by atoms with Crippen molar-refractivity contribution >= 4 is 17.5 Å². The predicted octanol–water partition coefficient (Wildman–Crippen LogP) is 1.36. The number of carbonyl (C=O) groups is 2. The Bertz CT molecular complexity index is 599. The third-order valence-electron chi connectivity index (χ3n) is 3.95. The summed E-state index contributed by atoms with van der Waals surface area (Å²) >= 11 is 0. The highest BCUT2D eigenvalue weighted by molar-refractivity contribution is 5.94. The Morgan fingerprint density at radius 1 is 1.35 bits per heavy atom. The normalized spacial score (nSPS) is 14.2. The zero-order valence-electron chi connectivity index (χ0n) is 13.4. The van der Waals surface area contributed by atoms with E-state index in [1.165, 1.54) is 0 Å². The van der Waals surface area contributed by atoms with Crippen molar-refractivity contribution in [3.05, 3.63) is 35.4 Å². The quantitative estimate of drug-likeness (QED) is 0.796. The van der Waals surface area contributed by atoms with Gasteiger partial charge in [0.1, 0.15) is 0 Å². The van der Waals surface area contributed by atoms with Gasteiger partial charge in [-0.25, -0.2) is 5.43 Å². The summed E-state index contributed by atoms with van der Waals surface area (Å²) < 4.78 is 0. The summed E-state index contributed by atoms with van der Waals surface area (Å²) in [4.78, 5) is 25.2. The molecule has 0 saturated carbocycles. The molecule has 0 aromatic heterocycles. The van der Waals surface area contributed by atoms with Crippen LogP contribution in [0.5, 0.6) is 0 Å². The number of carbonyl (C=O) groups excluding carboxylic acids is 2. The lowest BCUT2D eigenvalue weighted by Crippen LogP contribution is -2.34. The van der Waals surface area contributed by atoms with Crippen LogP contribution < -0.4 is 5.43 Å². The van der Waals surface area contributed by atoms with Gasteiger partial charge in [0.25, 0.3) is 0 Å². The molecule has 1 aliphatic rings. The third kappa shape index (κ3) is 5.17. The lowest BCUT2D eigenvalue weighted by molar-refractivity contribution is -0.132. The molecule has 2 N–H and O–H groups in total. The second-order valence-electron chi connectivity index (χ2n) is 5.68. The Morgan fingerprint density at radius 3 is 2.78 bits per heavy atom. The summed E-state index contributed by atoms with van der Waals surface area (Å²) in [5.74, 6) is -0.0940. The molecule has 1 aliphatic heterocycles. The van der Waals surface area contributed by atoms with Gasteiger partial charge in [-0.1, -0.05) is 24.3 Å². The molecule has 0 atom stereocenters. The first kappa shape index (κ1) is 17.1. The molecule has 2 amide bonds. The molecule has 124 valence electrons. The van der Waals surface area contributed by atoms with Crippen molar-refractivity contribution in [2.45, 2.75) is 39.2 Å². The summed E-state index contributed by atoms with van der Waals surface area (Å²) in [6, 6.07) is 7.92. The number of benzene rings is 1. The molecule has 1 aromatic carbocycles. The number of aliphatic hydroxyl groups excluding tert-OH is 1. The first-order valence-electron chi connectivity index (χ1n) is 7.87. The van der Waals surface area contributed by atoms with Crippen molar-refractivity contribution in [1.29, 1.82) is 0 Å². The molecule has 0 saturated heterocycles. The summed E-state index contributed by atoms with van der Waals surface area (Å²) in [6.45, 7) is 2.76. The summed E-state index contributed by atoms with van der Waals surface area (Å²) in [5, 5.41) is 13.2. The average molecular weight is 317 g/mol. The van der Waals surface area contributed by atoms with Gasteiger partial charge >= 0.3 is 0 Å². The number of nitrogens with zero attached hydrogens (tertiary/aromatic N) is 2. The lowest BCUT2D eigenvalue weighted by atomic mass is 10.1. The van der Waals surface area contributed by atoms with Crippen LogP contribution in [0.3, 0.4) is 0 Å². The van der Waals surface area contributed by atoms with Crippen molar-refractivity contribution < 1.29 is 14.7 Å². The Labute approximate surface area is 136 Å². The van der Waals surface area contributed by atoms with Crippen molar-refractivity contribution in [2.75, 3.05) is 13.2 Å². The number of aliphatic hydroxyl groups is 1. The largest absolute Gasteiger partial charge is 0.395 e. The molecule has 23 heavy (non-hydrogen) atoms. The standard InChI is InChI=1S/C17H23N3O3/c1-13-4-2-3-5-14(13)12-20(10-11-21)17(23)9-7-15-6-8-16(22)19-18-15/h2-5,21H,6-12H2,1H3,(H,19,22). The number of aryl methyl sites for hydroxylation is 1. The maximum Gasteiger partial charge on any atom is 0.240 e. The maximum atomic E-state index is 12.4. The van der Waals surface area contributed by atoms with E-state index in [2.05, 4.69) is 10.5 Å². The van der Waals surface area contributed by atoms with Crippen molar-refractivity contribution in [3.63, 3.8) is 0 Å². The van der Waals surface area contributed by atoms with Gasteiger partial charge in [-0.2, -0.15) is 5.10 Å². The molecular formula is C17H23N3O3. The minimum atomic E-state index is -0.0819. The average Bonchev–Trinajstić information content (AvgIpc) is 2.55. The van der Waals surface area contributed by atoms with Crippen LogP contribution in [-0.4, -0.2) is 40.7 Å². The van der Waals surface area contributed by atoms with Gasteiger partial charge < -0.3 is 10.0 Å². The zero-order chi connectivity index (χ0) is 16.7. The van der Waals surface area contributed by atoms with E-state index in [1.54, 1.807) is 4.90 Å². The number of nitrogens with one attached hydrogen (secondary N) is 1. The SMILES string of the molecule is Cc1ccccc1CN(CCO)C(=O)CCC1=NNC(=O)CC1. The van der Waals surface area contributed by atoms with Gasteiger partial charge in [0.05, 0.1) is 6.61 Å². The molecule has 0 unspecified atom stereocenters. The third-order valence-corrected chi connectivity index (χ3v) is 3.95. The fourth-order valence-corrected chi connectivity index (χ4v) is 2.51. The topological polar surface area (TPSA) is 82.0 Å². The smallest absolute Gasteiger partial charge is 0.240 e. The number of hydrogen-bond donors (Lipinski definition) is 2. The lowest BCUT2D eigenvalue weighted by Gasteiger charge is -2.23. The van der Waals surface area contributed by atoms with Crippen LogP contribution in [0.4, 0.5) is 0 Å². The van der Waals surface area contributed by atoms with Crippen molar-refractivity contribution in [2.24, 2.45) is 5.10 Å². The van der Waals surface area contributed by atoms with Crippen LogP contribution in [0, 0.1) is 6.92 Å². The molecule has 0 radical (unpaired) electrons. The molecule has 6 nitrogen and oxygen atoms in total. The molecule has 1 heterocycles. The van der Waals surface area contributed by atoms with Gasteiger partial charge in [0.15, 0.2) is 0 Å². The van der Waals surface area contributed by atoms with E-state index >= 15 is 0 Å². The molecule has 0 aliphatic carbocycles. The van der Waals surface area contributed by atoms with Gasteiger partial charge in [-0.15, -0.1) is 0 Å². The number of amides is 2. The van der Waals surface area contributed by atoms with Crippen molar-refractivity contribution in [3.8, 4) is 0 Å². The molecule has 0 bridgehead atoms. The predicted molar refractivity (Wildman–Crippen MR) is 87.7 cm³/mol. The van der Waals surface area contributed by atoms with E-state index in [9.17, 15) is 14.7 Å². The van der Waals surface area contributed by atoms with Crippen LogP contribution in [0.25, 0.3) is 0 Å². The van der Waals surface area contributed by atoms with E-state index in [1.807, 2.05) is 31.2 Å². The van der Waals surface area contributed by atoms with Gasteiger partial charge in [0.2, 0.25) is 11.8 Å². The zero-order valence-corrected chi connectivity index (χ0v) is 13.4. The van der Waals surface area contributed by atoms with Crippen LogP contribution in [0.1, 0.15) is 36.8 Å². The monoisotopic (exact) mass is 317 g/mol. The Morgan fingerprint density at radius 2 is 2.13 bits per heavy atom. The molecule has 0 spiro atoms. The van der Waals surface area contributed by atoms with E-state index in [0.717, 1.165) is 16.8 Å². The number of hydrazone groups is 1. The minimum Gasteiger partial charge on any atom is -0.395 e. The summed E-state index contributed by atoms with van der Waals surface area (Å²) in [5.41, 5.74) is 5.49. The van der Waals surface area contributed by atoms with E-state index in [4.69, 9.17) is 0 Å². The van der Waals surface area contributed by atoms with Crippen LogP contribution >= 0.6 is 0 Å². The number of rotatable bonds is 7. The molecule has 1 aromatic rings. The van der Waals surface area contributed by atoms with E-state index in [0.29, 0.717) is 38.8 Å². The minimum absolute atomic E-state index is 0.0121. The second-order valence-corrected chi connectivity index (χ2v) is 5.68. The van der Waals surface area contributed by atoms with Crippen LogP contribution in [0.2, 0.25) is 0 Å². The highest BCUT2D eigenvalue weighted by atomic mass is 16.3. The van der Waals surface area contributed by atoms with Gasteiger partial charge in [0, 0.05) is 31.6 Å². The number of hydrogen-bond acceptors (Lipinski definition) is 4. The Kier molecular flexibility index (Phi) is 6.29. The molecule has 6 heteroatoms. The van der Waals surface area contributed by atoms with Crippen LogP contribution in [0.15, 0.2) is 29.4 Å². The van der Waals surface area contributed by atoms with Gasteiger partial charge in [-0.05, 0) is 30.9 Å².